The number of nitrogens with zero attached hydrogens (tertiary/aromatic N) is 3. The smallest absolute Gasteiger partial charge is 0.317 e. The minimum Gasteiger partial charge on any atom is -0.334 e. The average Bonchev–Trinajstić information content (AvgIpc) is 2.68. The number of likely N-dealkylation sites (tertiary alicyclic amines) is 2. The lowest BCUT2D eigenvalue weighted by atomic mass is 9.91. The summed E-state index contributed by atoms with van der Waals surface area (Å²) in [5, 5.41) is 6.53. The van der Waals surface area contributed by atoms with Gasteiger partial charge >= 0.3 is 6.03 Å². The van der Waals surface area contributed by atoms with Crippen molar-refractivity contribution < 1.29 is 4.79 Å². The maximum atomic E-state index is 12.3. The molecule has 0 saturated carbocycles. The van der Waals surface area contributed by atoms with Crippen molar-refractivity contribution in [2.75, 3.05) is 59.9 Å². The van der Waals surface area contributed by atoms with Gasteiger partial charge in [-0.3, -0.25) is 0 Å². The molecule has 3 fully saturated rings. The van der Waals surface area contributed by atoms with E-state index in [1.54, 1.807) is 0 Å². The average molecular weight is 366 g/mol. The molecule has 150 valence electrons. The third kappa shape index (κ3) is 5.83. The van der Waals surface area contributed by atoms with Crippen LogP contribution in [0.5, 0.6) is 0 Å². The lowest BCUT2D eigenvalue weighted by molar-refractivity contribution is 0.0822. The van der Waals surface area contributed by atoms with Gasteiger partial charge in [0.25, 0.3) is 0 Å². The van der Waals surface area contributed by atoms with Crippen molar-refractivity contribution in [2.45, 2.75) is 57.0 Å². The second kappa shape index (κ2) is 9.90. The fourth-order valence-corrected chi connectivity index (χ4v) is 4.70. The van der Waals surface area contributed by atoms with E-state index < -0.39 is 0 Å². The summed E-state index contributed by atoms with van der Waals surface area (Å²) < 4.78 is 0. The predicted octanol–water partition coefficient (Wildman–Crippen LogP) is 1.58. The van der Waals surface area contributed by atoms with Gasteiger partial charge in [-0.1, -0.05) is 0 Å². The Balaban J connectivity index is 1.31. The van der Waals surface area contributed by atoms with Crippen LogP contribution in [-0.4, -0.2) is 92.7 Å². The summed E-state index contributed by atoms with van der Waals surface area (Å²) >= 11 is 0. The van der Waals surface area contributed by atoms with E-state index in [0.29, 0.717) is 6.04 Å². The van der Waals surface area contributed by atoms with Crippen LogP contribution in [0.4, 0.5) is 4.79 Å². The molecular formula is C20H39N5O. The van der Waals surface area contributed by atoms with Gasteiger partial charge in [-0.05, 0) is 90.6 Å². The zero-order valence-electron chi connectivity index (χ0n) is 16.9. The largest absolute Gasteiger partial charge is 0.334 e. The minimum absolute atomic E-state index is 0.0995. The number of carbonyl (C=O) groups is 1. The van der Waals surface area contributed by atoms with Crippen LogP contribution in [-0.2, 0) is 0 Å². The summed E-state index contributed by atoms with van der Waals surface area (Å²) in [6, 6.07) is 1.21. The van der Waals surface area contributed by atoms with Crippen molar-refractivity contribution in [3.8, 4) is 0 Å². The quantitative estimate of drug-likeness (QED) is 0.777. The molecule has 2 amide bonds. The van der Waals surface area contributed by atoms with E-state index in [1.807, 2.05) is 11.9 Å². The molecule has 0 aliphatic carbocycles. The summed E-state index contributed by atoms with van der Waals surface area (Å²) in [7, 11) is 4.18. The standard InChI is InChI=1S/C20H39N5O/c1-23-11-8-19(9-12-23)25-14-6-17(7-15-25)5-13-24(2)20(26)22-18-4-3-10-21-16-18/h17-19,21H,3-16H2,1-2H3,(H,22,26)/t18-/m1/s1. The second-order valence-electron chi connectivity index (χ2n) is 8.72. The Kier molecular flexibility index (Phi) is 7.58. The summed E-state index contributed by atoms with van der Waals surface area (Å²) in [4.78, 5) is 19.4. The van der Waals surface area contributed by atoms with Crippen LogP contribution in [0.25, 0.3) is 0 Å². The highest BCUT2D eigenvalue weighted by atomic mass is 16.2. The molecule has 0 spiro atoms. The maximum absolute atomic E-state index is 12.3. The fourth-order valence-electron chi connectivity index (χ4n) is 4.70. The van der Waals surface area contributed by atoms with Gasteiger partial charge in [-0.25, -0.2) is 4.79 Å². The molecule has 0 aromatic rings. The monoisotopic (exact) mass is 365 g/mol. The van der Waals surface area contributed by atoms with Crippen LogP contribution >= 0.6 is 0 Å². The second-order valence-corrected chi connectivity index (χ2v) is 8.72. The minimum atomic E-state index is 0.0995. The Morgan fingerprint density at radius 2 is 1.85 bits per heavy atom. The van der Waals surface area contributed by atoms with Gasteiger partial charge in [-0.2, -0.15) is 0 Å². The van der Waals surface area contributed by atoms with Crippen molar-refractivity contribution in [3.63, 3.8) is 0 Å². The number of piperidine rings is 3. The van der Waals surface area contributed by atoms with Crippen molar-refractivity contribution in [3.05, 3.63) is 0 Å². The molecule has 2 N–H and O–H groups in total. The summed E-state index contributed by atoms with van der Waals surface area (Å²) in [5.41, 5.74) is 0. The molecule has 0 bridgehead atoms. The summed E-state index contributed by atoms with van der Waals surface area (Å²) in [6.45, 7) is 7.88. The zero-order valence-corrected chi connectivity index (χ0v) is 16.9. The number of rotatable bonds is 5. The Bertz CT molecular complexity index is 424. The van der Waals surface area contributed by atoms with E-state index in [-0.39, 0.29) is 6.03 Å². The predicted molar refractivity (Wildman–Crippen MR) is 106 cm³/mol. The Morgan fingerprint density at radius 1 is 1.12 bits per heavy atom. The number of hydrogen-bond acceptors (Lipinski definition) is 4. The van der Waals surface area contributed by atoms with Crippen molar-refractivity contribution in [2.24, 2.45) is 5.92 Å². The normalized spacial score (nSPS) is 27.4. The molecule has 1 atom stereocenters. The molecule has 3 rings (SSSR count). The van der Waals surface area contributed by atoms with E-state index >= 15 is 0 Å². The van der Waals surface area contributed by atoms with Crippen LogP contribution in [0.15, 0.2) is 0 Å². The van der Waals surface area contributed by atoms with E-state index in [9.17, 15) is 4.79 Å². The maximum Gasteiger partial charge on any atom is 0.317 e. The highest BCUT2D eigenvalue weighted by Gasteiger charge is 2.27. The van der Waals surface area contributed by atoms with Gasteiger partial charge in [0.2, 0.25) is 0 Å². The molecule has 3 aliphatic heterocycles. The van der Waals surface area contributed by atoms with Crippen molar-refractivity contribution in [1.82, 2.24) is 25.3 Å². The molecule has 6 nitrogen and oxygen atoms in total. The van der Waals surface area contributed by atoms with Gasteiger partial charge in [0.15, 0.2) is 0 Å². The fraction of sp³-hybridized carbons (Fsp3) is 0.950. The molecule has 3 heterocycles. The SMILES string of the molecule is CN1CCC(N2CCC(CCN(C)C(=O)N[C@@H]3CCCNC3)CC2)CC1. The van der Waals surface area contributed by atoms with Gasteiger partial charge in [0.05, 0.1) is 0 Å². The first-order valence-electron chi connectivity index (χ1n) is 10.8. The molecular weight excluding hydrogens is 326 g/mol. The van der Waals surface area contributed by atoms with Gasteiger partial charge < -0.3 is 25.3 Å². The third-order valence-electron chi connectivity index (χ3n) is 6.70. The topological polar surface area (TPSA) is 50.9 Å². The Labute approximate surface area is 159 Å². The summed E-state index contributed by atoms with van der Waals surface area (Å²) in [6.07, 6.45) is 8.67. The van der Waals surface area contributed by atoms with Crippen molar-refractivity contribution >= 4 is 6.03 Å². The molecule has 3 aliphatic rings. The number of carbonyl (C=O) groups excluding carboxylic acids is 1. The van der Waals surface area contributed by atoms with E-state index in [2.05, 4.69) is 27.5 Å². The number of hydrogen-bond donors (Lipinski definition) is 2. The molecule has 0 aromatic carbocycles. The van der Waals surface area contributed by atoms with Crippen molar-refractivity contribution in [1.29, 1.82) is 0 Å². The first kappa shape index (κ1) is 19.9. The van der Waals surface area contributed by atoms with Crippen LogP contribution < -0.4 is 10.6 Å². The van der Waals surface area contributed by atoms with Crippen LogP contribution in [0.2, 0.25) is 0 Å². The summed E-state index contributed by atoms with van der Waals surface area (Å²) in [5.74, 6) is 0.782. The Hall–Kier alpha value is -0.850. The zero-order chi connectivity index (χ0) is 18.4. The van der Waals surface area contributed by atoms with E-state index in [0.717, 1.165) is 50.9 Å². The molecule has 0 unspecified atom stereocenters. The first-order valence-corrected chi connectivity index (χ1v) is 10.8. The van der Waals surface area contributed by atoms with Crippen LogP contribution in [0.3, 0.4) is 0 Å². The molecule has 3 saturated heterocycles. The third-order valence-corrected chi connectivity index (χ3v) is 6.70. The number of amides is 2. The van der Waals surface area contributed by atoms with E-state index in [1.165, 1.54) is 51.9 Å². The highest BCUT2D eigenvalue weighted by Crippen LogP contribution is 2.25. The molecule has 0 aromatic heterocycles. The number of nitrogens with one attached hydrogen (secondary N) is 2. The van der Waals surface area contributed by atoms with Gasteiger partial charge in [-0.15, -0.1) is 0 Å². The van der Waals surface area contributed by atoms with Gasteiger partial charge in [0, 0.05) is 32.2 Å². The lowest BCUT2D eigenvalue weighted by Gasteiger charge is -2.41. The van der Waals surface area contributed by atoms with Crippen LogP contribution in [0, 0.1) is 5.92 Å². The lowest BCUT2D eigenvalue weighted by Crippen LogP contribution is -2.50. The molecule has 0 radical (unpaired) electrons. The van der Waals surface area contributed by atoms with Crippen LogP contribution in [0.1, 0.15) is 44.9 Å². The first-order chi connectivity index (χ1) is 12.6. The molecule has 26 heavy (non-hydrogen) atoms. The Morgan fingerprint density at radius 3 is 2.50 bits per heavy atom. The molecule has 6 heteroatoms. The highest BCUT2D eigenvalue weighted by molar-refractivity contribution is 5.74. The number of urea groups is 1. The van der Waals surface area contributed by atoms with E-state index in [4.69, 9.17) is 0 Å². The van der Waals surface area contributed by atoms with Gasteiger partial charge in [0.1, 0.15) is 0 Å².